The summed E-state index contributed by atoms with van der Waals surface area (Å²) in [4.78, 5) is 6.46. The van der Waals surface area contributed by atoms with Crippen molar-refractivity contribution >= 4 is 34.5 Å². The van der Waals surface area contributed by atoms with E-state index in [0.717, 1.165) is 11.9 Å². The first-order valence-corrected chi connectivity index (χ1v) is 13.6. The minimum Gasteiger partial charge on any atom is -0.237 e. The topological polar surface area (TPSA) is 12.9 Å². The number of thiazole rings is 1. The first-order valence-electron chi connectivity index (χ1n) is 10.8. The Morgan fingerprint density at radius 2 is 1.00 bits per heavy atom. The van der Waals surface area contributed by atoms with Crippen molar-refractivity contribution in [1.82, 2.24) is 4.98 Å². The molecule has 0 N–H and O–H groups in total. The van der Waals surface area contributed by atoms with Gasteiger partial charge in [-0.05, 0) is 43.3 Å². The highest BCUT2D eigenvalue weighted by Gasteiger charge is 2.46. The Morgan fingerprint density at radius 3 is 1.44 bits per heavy atom. The molecule has 0 fully saturated rings. The van der Waals surface area contributed by atoms with Crippen molar-refractivity contribution in [3.8, 4) is 11.3 Å². The lowest BCUT2D eigenvalue weighted by atomic mass is 10.1. The van der Waals surface area contributed by atoms with Gasteiger partial charge in [0.1, 0.15) is 34.3 Å². The number of hydrogen-bond acceptors (Lipinski definition) is 2. The number of aromatic nitrogens is 1. The summed E-state index contributed by atoms with van der Waals surface area (Å²) >= 11 is 1.84. The van der Waals surface area contributed by atoms with Gasteiger partial charge in [-0.1, -0.05) is 84.9 Å². The Labute approximate surface area is 194 Å². The summed E-state index contributed by atoms with van der Waals surface area (Å²) < 4.78 is 0. The molecule has 3 heteroatoms. The SMILES string of the molecule is Cc1sc(C[P+](c2ccccc2)(c2ccccc2)c2ccccc2)nc1-c1ccccc1. The van der Waals surface area contributed by atoms with Crippen LogP contribution in [0.1, 0.15) is 9.88 Å². The summed E-state index contributed by atoms with van der Waals surface area (Å²) in [6.45, 7) is 2.19. The Morgan fingerprint density at radius 1 is 0.594 bits per heavy atom. The van der Waals surface area contributed by atoms with Gasteiger partial charge in [0, 0.05) is 10.4 Å². The van der Waals surface area contributed by atoms with Gasteiger partial charge in [-0.2, -0.15) is 0 Å². The Kier molecular flexibility index (Phi) is 5.99. The van der Waals surface area contributed by atoms with Gasteiger partial charge in [0.25, 0.3) is 0 Å². The van der Waals surface area contributed by atoms with E-state index < -0.39 is 7.26 Å². The maximum atomic E-state index is 5.19. The van der Waals surface area contributed by atoms with Gasteiger partial charge in [0.05, 0.1) is 5.69 Å². The van der Waals surface area contributed by atoms with E-state index in [1.807, 2.05) is 11.3 Å². The monoisotopic (exact) mass is 450 g/mol. The quantitative estimate of drug-likeness (QED) is 0.265. The lowest BCUT2D eigenvalue weighted by Crippen LogP contribution is -2.32. The molecule has 0 aliphatic rings. The van der Waals surface area contributed by atoms with Crippen LogP contribution in [0.3, 0.4) is 0 Å². The summed E-state index contributed by atoms with van der Waals surface area (Å²) in [6, 6.07) is 43.6. The molecular weight excluding hydrogens is 425 g/mol. The smallest absolute Gasteiger partial charge is 0.132 e. The molecule has 156 valence electrons. The van der Waals surface area contributed by atoms with Gasteiger partial charge in [0.2, 0.25) is 0 Å². The molecule has 4 aromatic carbocycles. The Hall–Kier alpha value is -3.06. The van der Waals surface area contributed by atoms with Crippen molar-refractivity contribution in [2.24, 2.45) is 0 Å². The second kappa shape index (κ2) is 9.20. The van der Waals surface area contributed by atoms with E-state index in [1.165, 1.54) is 31.4 Å². The molecule has 0 atom stereocenters. The van der Waals surface area contributed by atoms with Crippen molar-refractivity contribution in [3.05, 3.63) is 131 Å². The highest BCUT2D eigenvalue weighted by atomic mass is 32.1. The molecule has 1 aromatic heterocycles. The van der Waals surface area contributed by atoms with Crippen LogP contribution in [0.5, 0.6) is 0 Å². The highest BCUT2D eigenvalue weighted by Crippen LogP contribution is 2.58. The highest BCUT2D eigenvalue weighted by molar-refractivity contribution is 7.95. The zero-order valence-corrected chi connectivity index (χ0v) is 19.8. The maximum absolute atomic E-state index is 5.19. The summed E-state index contributed by atoms with van der Waals surface area (Å²) in [5.74, 6) is 0. The fourth-order valence-corrected chi connectivity index (χ4v) is 9.91. The van der Waals surface area contributed by atoms with Crippen LogP contribution in [-0.2, 0) is 6.16 Å². The van der Waals surface area contributed by atoms with Gasteiger partial charge in [-0.15, -0.1) is 11.3 Å². The molecule has 5 rings (SSSR count). The van der Waals surface area contributed by atoms with E-state index in [2.05, 4.69) is 128 Å². The minimum absolute atomic E-state index is 0.920. The first kappa shape index (κ1) is 20.8. The Bertz CT molecular complexity index is 1190. The predicted octanol–water partition coefficient (Wildman–Crippen LogP) is 6.61. The van der Waals surface area contributed by atoms with Gasteiger partial charge < -0.3 is 0 Å². The third-order valence-corrected chi connectivity index (χ3v) is 11.3. The molecule has 0 unspecified atom stereocenters. The zero-order chi connectivity index (χ0) is 21.8. The maximum Gasteiger partial charge on any atom is 0.132 e. The van der Waals surface area contributed by atoms with Gasteiger partial charge in [-0.25, -0.2) is 4.98 Å². The summed E-state index contributed by atoms with van der Waals surface area (Å²) in [6.07, 6.45) is 0.920. The fraction of sp³-hybridized carbons (Fsp3) is 0.0690. The molecule has 0 radical (unpaired) electrons. The normalized spacial score (nSPS) is 11.4. The molecular formula is C29H25NPS+. The van der Waals surface area contributed by atoms with E-state index in [9.17, 15) is 0 Å². The predicted molar refractivity (Wildman–Crippen MR) is 141 cm³/mol. The van der Waals surface area contributed by atoms with Gasteiger partial charge in [-0.3, -0.25) is 0 Å². The van der Waals surface area contributed by atoms with Crippen molar-refractivity contribution < 1.29 is 0 Å². The summed E-state index contributed by atoms with van der Waals surface area (Å²) in [5, 5.41) is 5.38. The fourth-order valence-electron chi connectivity index (χ4n) is 4.35. The molecule has 0 saturated heterocycles. The first-order chi connectivity index (χ1) is 15.8. The van der Waals surface area contributed by atoms with Crippen LogP contribution in [-0.4, -0.2) is 4.98 Å². The number of aryl methyl sites for hydroxylation is 1. The standard InChI is InChI=1S/C29H25NPS/c1-23-29(24-14-6-2-7-15-24)30-28(32-23)22-31(25-16-8-3-9-17-25,26-18-10-4-11-19-26)27-20-12-5-13-21-27/h2-21H,22H2,1H3/q+1. The molecule has 0 bridgehead atoms. The number of rotatable bonds is 6. The van der Waals surface area contributed by atoms with Crippen molar-refractivity contribution in [3.63, 3.8) is 0 Å². The number of benzene rings is 4. The van der Waals surface area contributed by atoms with E-state index >= 15 is 0 Å². The van der Waals surface area contributed by atoms with E-state index in [4.69, 9.17) is 4.98 Å². The Balaban J connectivity index is 1.71. The summed E-state index contributed by atoms with van der Waals surface area (Å²) in [7, 11) is -1.93. The van der Waals surface area contributed by atoms with Crippen LogP contribution in [0.2, 0.25) is 0 Å². The van der Waals surface area contributed by atoms with Crippen LogP contribution >= 0.6 is 18.6 Å². The van der Waals surface area contributed by atoms with Crippen LogP contribution in [0.15, 0.2) is 121 Å². The minimum atomic E-state index is -1.93. The average molecular weight is 451 g/mol. The van der Waals surface area contributed by atoms with Crippen LogP contribution in [0.4, 0.5) is 0 Å². The third-order valence-electron chi connectivity index (χ3n) is 5.85. The molecule has 5 aromatic rings. The zero-order valence-electron chi connectivity index (χ0n) is 18.1. The molecule has 0 spiro atoms. The molecule has 0 aliphatic heterocycles. The van der Waals surface area contributed by atoms with Crippen LogP contribution in [0, 0.1) is 6.92 Å². The molecule has 1 nitrogen and oxygen atoms in total. The molecule has 0 amide bonds. The number of hydrogen-bond donors (Lipinski definition) is 0. The summed E-state index contributed by atoms with van der Waals surface area (Å²) in [5.41, 5.74) is 2.30. The van der Waals surface area contributed by atoms with Gasteiger partial charge in [0.15, 0.2) is 0 Å². The molecule has 0 aliphatic carbocycles. The lowest BCUT2D eigenvalue weighted by Gasteiger charge is -2.26. The molecule has 32 heavy (non-hydrogen) atoms. The molecule has 0 saturated carbocycles. The van der Waals surface area contributed by atoms with Crippen molar-refractivity contribution in [2.75, 3.05) is 0 Å². The van der Waals surface area contributed by atoms with Crippen LogP contribution < -0.4 is 15.9 Å². The van der Waals surface area contributed by atoms with Crippen molar-refractivity contribution in [1.29, 1.82) is 0 Å². The van der Waals surface area contributed by atoms with Crippen molar-refractivity contribution in [2.45, 2.75) is 13.1 Å². The van der Waals surface area contributed by atoms with Crippen LogP contribution in [0.25, 0.3) is 11.3 Å². The number of nitrogens with zero attached hydrogens (tertiary/aromatic N) is 1. The van der Waals surface area contributed by atoms with Gasteiger partial charge >= 0.3 is 0 Å². The van der Waals surface area contributed by atoms with E-state index in [0.29, 0.717) is 0 Å². The second-order valence-electron chi connectivity index (χ2n) is 7.85. The van der Waals surface area contributed by atoms with E-state index in [-0.39, 0.29) is 0 Å². The third kappa shape index (κ3) is 3.93. The molecule has 1 heterocycles. The lowest BCUT2D eigenvalue weighted by molar-refractivity contribution is 1.25. The van der Waals surface area contributed by atoms with E-state index in [1.54, 1.807) is 0 Å². The average Bonchev–Trinajstić information content (AvgIpc) is 3.24. The largest absolute Gasteiger partial charge is 0.237 e. The second-order valence-corrected chi connectivity index (χ2v) is 12.6.